The predicted molar refractivity (Wildman–Crippen MR) is 91.3 cm³/mol. The van der Waals surface area contributed by atoms with E-state index in [4.69, 9.17) is 12.2 Å². The van der Waals surface area contributed by atoms with Gasteiger partial charge in [0.2, 0.25) is 0 Å². The Morgan fingerprint density at radius 2 is 1.48 bits per heavy atom. The monoisotopic (exact) mass is 299 g/mol. The zero-order valence-electron chi connectivity index (χ0n) is 12.4. The molecule has 0 aliphatic rings. The van der Waals surface area contributed by atoms with Gasteiger partial charge in [0.25, 0.3) is 0 Å². The molecular weight excluding hydrogens is 278 g/mol. The van der Waals surface area contributed by atoms with Crippen molar-refractivity contribution >= 4 is 17.2 Å². The lowest BCUT2D eigenvalue weighted by Crippen LogP contribution is -2.35. The summed E-state index contributed by atoms with van der Waals surface area (Å²) in [6.45, 7) is 3.84. The molecule has 0 amide bonds. The van der Waals surface area contributed by atoms with Crippen LogP contribution in [0, 0.1) is 5.92 Å². The van der Waals surface area contributed by atoms with E-state index in [1.807, 2.05) is 62.4 Å². The van der Waals surface area contributed by atoms with Gasteiger partial charge in [0.1, 0.15) is 4.99 Å². The van der Waals surface area contributed by atoms with Crippen LogP contribution in [0.25, 0.3) is 0 Å². The van der Waals surface area contributed by atoms with Gasteiger partial charge >= 0.3 is 0 Å². The van der Waals surface area contributed by atoms with E-state index in [2.05, 4.69) is 17.4 Å². The molecule has 2 aromatic carbocycles. The molecule has 2 N–H and O–H groups in total. The molecule has 2 rings (SSSR count). The molecule has 110 valence electrons. The molecule has 3 heteroatoms. The number of aliphatic hydroxyl groups is 1. The molecule has 3 atom stereocenters. The highest BCUT2D eigenvalue weighted by atomic mass is 32.1. The first-order chi connectivity index (χ1) is 10.1. The first-order valence-corrected chi connectivity index (χ1v) is 7.59. The van der Waals surface area contributed by atoms with Crippen molar-refractivity contribution in [2.24, 2.45) is 5.92 Å². The van der Waals surface area contributed by atoms with Gasteiger partial charge in [-0.3, -0.25) is 0 Å². The molecule has 0 unspecified atom stereocenters. The van der Waals surface area contributed by atoms with Crippen LogP contribution in [0.2, 0.25) is 0 Å². The zero-order chi connectivity index (χ0) is 15.2. The molecule has 0 saturated heterocycles. The van der Waals surface area contributed by atoms with Gasteiger partial charge in [0, 0.05) is 11.5 Å². The molecular formula is C18H21NOS. The van der Waals surface area contributed by atoms with Crippen molar-refractivity contribution in [2.75, 3.05) is 0 Å². The number of hydrogen-bond acceptors (Lipinski definition) is 2. The van der Waals surface area contributed by atoms with E-state index < -0.39 is 6.10 Å². The van der Waals surface area contributed by atoms with Crippen molar-refractivity contribution in [3.8, 4) is 0 Å². The summed E-state index contributed by atoms with van der Waals surface area (Å²) in [5.41, 5.74) is 2.12. The maximum absolute atomic E-state index is 9.95. The van der Waals surface area contributed by atoms with E-state index in [1.54, 1.807) is 0 Å². The lowest BCUT2D eigenvalue weighted by Gasteiger charge is -2.29. The quantitative estimate of drug-likeness (QED) is 0.826. The standard InChI is InChI=1S/C18H21NOS/c1-13(14(2)20)17(15-9-5-3-6-10-15)19-18(21)16-11-7-4-8-12-16/h3-14,17,20H,1-2H3,(H,19,21)/t13-,14-,17+/m0/s1. The molecule has 0 spiro atoms. The van der Waals surface area contributed by atoms with Crippen LogP contribution >= 0.6 is 12.2 Å². The Morgan fingerprint density at radius 1 is 0.952 bits per heavy atom. The van der Waals surface area contributed by atoms with Crippen molar-refractivity contribution in [1.29, 1.82) is 0 Å². The zero-order valence-corrected chi connectivity index (χ0v) is 13.2. The molecule has 0 fully saturated rings. The molecule has 0 saturated carbocycles. The van der Waals surface area contributed by atoms with E-state index in [1.165, 1.54) is 0 Å². The van der Waals surface area contributed by atoms with Crippen LogP contribution in [0.1, 0.15) is 31.0 Å². The highest BCUT2D eigenvalue weighted by Gasteiger charge is 2.24. The summed E-state index contributed by atoms with van der Waals surface area (Å²) < 4.78 is 0. The number of aliphatic hydroxyl groups excluding tert-OH is 1. The normalized spacial score (nSPS) is 15.0. The smallest absolute Gasteiger partial charge is 0.107 e. The van der Waals surface area contributed by atoms with Gasteiger partial charge in [0.15, 0.2) is 0 Å². The van der Waals surface area contributed by atoms with Crippen LogP contribution in [0.3, 0.4) is 0 Å². The fraction of sp³-hybridized carbons (Fsp3) is 0.278. The number of thiocarbonyl (C=S) groups is 1. The molecule has 0 bridgehead atoms. The Morgan fingerprint density at radius 3 is 2.00 bits per heavy atom. The third kappa shape index (κ3) is 4.13. The maximum Gasteiger partial charge on any atom is 0.107 e. The van der Waals surface area contributed by atoms with Crippen LogP contribution < -0.4 is 5.32 Å². The van der Waals surface area contributed by atoms with Crippen molar-refractivity contribution in [3.63, 3.8) is 0 Å². The Balaban J connectivity index is 2.23. The molecule has 0 heterocycles. The number of nitrogens with one attached hydrogen (secondary N) is 1. The third-order valence-electron chi connectivity index (χ3n) is 3.77. The van der Waals surface area contributed by atoms with Gasteiger partial charge in [-0.1, -0.05) is 79.8 Å². The number of rotatable bonds is 5. The van der Waals surface area contributed by atoms with Crippen LogP contribution in [0.4, 0.5) is 0 Å². The minimum atomic E-state index is -0.415. The number of benzene rings is 2. The van der Waals surface area contributed by atoms with Crippen molar-refractivity contribution in [2.45, 2.75) is 26.0 Å². The topological polar surface area (TPSA) is 32.3 Å². The molecule has 0 aromatic heterocycles. The Hall–Kier alpha value is -1.71. The van der Waals surface area contributed by atoms with E-state index in [0.29, 0.717) is 4.99 Å². The van der Waals surface area contributed by atoms with E-state index in [0.717, 1.165) is 11.1 Å². The largest absolute Gasteiger partial charge is 0.393 e. The van der Waals surface area contributed by atoms with E-state index in [9.17, 15) is 5.11 Å². The summed E-state index contributed by atoms with van der Waals surface area (Å²) in [4.78, 5) is 0.706. The fourth-order valence-corrected chi connectivity index (χ4v) is 2.53. The Labute approximate surface area is 131 Å². The van der Waals surface area contributed by atoms with Gasteiger partial charge in [-0.25, -0.2) is 0 Å². The average Bonchev–Trinajstić information content (AvgIpc) is 2.53. The second-order valence-corrected chi connectivity index (χ2v) is 5.74. The van der Waals surface area contributed by atoms with E-state index >= 15 is 0 Å². The molecule has 2 aromatic rings. The highest BCUT2D eigenvalue weighted by molar-refractivity contribution is 7.80. The Kier molecular flexibility index (Phi) is 5.48. The summed E-state index contributed by atoms with van der Waals surface area (Å²) in [5.74, 6) is 0.0501. The minimum Gasteiger partial charge on any atom is -0.393 e. The van der Waals surface area contributed by atoms with Crippen molar-refractivity contribution in [3.05, 3.63) is 71.8 Å². The van der Waals surface area contributed by atoms with Gasteiger partial charge in [-0.2, -0.15) is 0 Å². The van der Waals surface area contributed by atoms with E-state index in [-0.39, 0.29) is 12.0 Å². The number of hydrogen-bond donors (Lipinski definition) is 2. The lowest BCUT2D eigenvalue weighted by atomic mass is 9.90. The minimum absolute atomic E-state index is 0.0149. The second-order valence-electron chi connectivity index (χ2n) is 5.33. The lowest BCUT2D eigenvalue weighted by molar-refractivity contribution is 0.115. The third-order valence-corrected chi connectivity index (χ3v) is 4.12. The van der Waals surface area contributed by atoms with Crippen LogP contribution in [-0.4, -0.2) is 16.2 Å². The summed E-state index contributed by atoms with van der Waals surface area (Å²) in [6.07, 6.45) is -0.415. The fourth-order valence-electron chi connectivity index (χ4n) is 2.27. The van der Waals surface area contributed by atoms with Crippen molar-refractivity contribution < 1.29 is 5.11 Å². The highest BCUT2D eigenvalue weighted by Crippen LogP contribution is 2.25. The molecule has 21 heavy (non-hydrogen) atoms. The van der Waals surface area contributed by atoms with Crippen LogP contribution in [-0.2, 0) is 0 Å². The van der Waals surface area contributed by atoms with Gasteiger partial charge in [-0.15, -0.1) is 0 Å². The first kappa shape index (κ1) is 15.7. The summed E-state index contributed by atoms with van der Waals surface area (Å²) in [5, 5.41) is 13.4. The first-order valence-electron chi connectivity index (χ1n) is 7.18. The molecule has 0 aliphatic carbocycles. The summed E-state index contributed by atoms with van der Waals surface area (Å²) >= 11 is 5.51. The second kappa shape index (κ2) is 7.34. The SMILES string of the molecule is C[C@@H]([C@H](C)O)[C@@H](NC(=S)c1ccccc1)c1ccccc1. The molecule has 0 radical (unpaired) electrons. The van der Waals surface area contributed by atoms with Gasteiger partial charge < -0.3 is 10.4 Å². The average molecular weight is 299 g/mol. The molecule has 2 nitrogen and oxygen atoms in total. The summed E-state index contributed by atoms with van der Waals surface area (Å²) in [7, 11) is 0. The van der Waals surface area contributed by atoms with Gasteiger partial charge in [-0.05, 0) is 12.5 Å². The Bertz CT molecular complexity index is 568. The summed E-state index contributed by atoms with van der Waals surface area (Å²) in [6, 6.07) is 20.0. The molecule has 0 aliphatic heterocycles. The van der Waals surface area contributed by atoms with Crippen LogP contribution in [0.5, 0.6) is 0 Å². The maximum atomic E-state index is 9.95. The van der Waals surface area contributed by atoms with Crippen molar-refractivity contribution in [1.82, 2.24) is 5.32 Å². The predicted octanol–water partition coefficient (Wildman–Crippen LogP) is 3.71. The van der Waals surface area contributed by atoms with Gasteiger partial charge in [0.05, 0.1) is 12.1 Å². The van der Waals surface area contributed by atoms with Crippen LogP contribution in [0.15, 0.2) is 60.7 Å².